The molecule has 0 aliphatic carbocycles. The van der Waals surface area contributed by atoms with E-state index in [0.717, 1.165) is 11.8 Å². The maximum absolute atomic E-state index is 12.6. The standard InChI is InChI=1S/C16H16N2O5S2/c1-9(14(22)17-7-6-13(20)21)18-15(23)12(25-16(18)24)8-10-4-2-3-5-11(10)19/h2-5,8-9,19H,6-7H2,1H3,(H,17,22)(H,20,21)/b12-8-. The van der Waals surface area contributed by atoms with Crippen molar-refractivity contribution in [1.29, 1.82) is 0 Å². The number of aliphatic carboxylic acids is 1. The molecule has 1 aromatic carbocycles. The number of benzene rings is 1. The molecule has 1 aliphatic heterocycles. The first kappa shape index (κ1) is 18.9. The summed E-state index contributed by atoms with van der Waals surface area (Å²) in [4.78, 5) is 36.6. The number of carbonyl (C=O) groups is 3. The van der Waals surface area contributed by atoms with Gasteiger partial charge in [0, 0.05) is 12.1 Å². The number of carbonyl (C=O) groups excluding carboxylic acids is 2. The number of amides is 2. The minimum Gasteiger partial charge on any atom is -0.507 e. The van der Waals surface area contributed by atoms with Crippen LogP contribution in [-0.4, -0.2) is 49.8 Å². The Morgan fingerprint density at radius 3 is 2.72 bits per heavy atom. The highest BCUT2D eigenvalue weighted by atomic mass is 32.2. The highest BCUT2D eigenvalue weighted by Gasteiger charge is 2.38. The van der Waals surface area contributed by atoms with Crippen LogP contribution in [-0.2, 0) is 14.4 Å². The van der Waals surface area contributed by atoms with E-state index in [0.29, 0.717) is 10.5 Å². The molecule has 1 aliphatic rings. The van der Waals surface area contributed by atoms with Gasteiger partial charge < -0.3 is 15.5 Å². The van der Waals surface area contributed by atoms with Gasteiger partial charge in [0.1, 0.15) is 16.1 Å². The molecule has 1 fully saturated rings. The Morgan fingerprint density at radius 2 is 2.08 bits per heavy atom. The van der Waals surface area contributed by atoms with Crippen molar-refractivity contribution in [3.05, 3.63) is 34.7 Å². The van der Waals surface area contributed by atoms with Gasteiger partial charge in [0.25, 0.3) is 5.91 Å². The molecule has 2 amide bonds. The third-order valence-electron chi connectivity index (χ3n) is 3.45. The highest BCUT2D eigenvalue weighted by Crippen LogP contribution is 2.35. The summed E-state index contributed by atoms with van der Waals surface area (Å²) in [5.74, 6) is -1.91. The monoisotopic (exact) mass is 380 g/mol. The fourth-order valence-electron chi connectivity index (χ4n) is 2.12. The van der Waals surface area contributed by atoms with Crippen molar-refractivity contribution in [3.8, 4) is 5.75 Å². The van der Waals surface area contributed by atoms with Gasteiger partial charge in [0.2, 0.25) is 5.91 Å². The van der Waals surface area contributed by atoms with Crippen LogP contribution in [0.15, 0.2) is 29.2 Å². The molecule has 2 rings (SSSR count). The van der Waals surface area contributed by atoms with Gasteiger partial charge in [-0.05, 0) is 19.1 Å². The topological polar surface area (TPSA) is 107 Å². The molecule has 1 atom stereocenters. The zero-order chi connectivity index (χ0) is 18.6. The molecule has 7 nitrogen and oxygen atoms in total. The van der Waals surface area contributed by atoms with E-state index in [1.54, 1.807) is 18.2 Å². The van der Waals surface area contributed by atoms with Crippen LogP contribution in [0.3, 0.4) is 0 Å². The number of hydrogen-bond acceptors (Lipinski definition) is 6. The Labute approximate surface area is 153 Å². The summed E-state index contributed by atoms with van der Waals surface area (Å²) in [6.07, 6.45) is 1.31. The number of hydrogen-bond donors (Lipinski definition) is 3. The third kappa shape index (κ3) is 4.58. The van der Waals surface area contributed by atoms with Crippen molar-refractivity contribution >= 4 is 52.2 Å². The van der Waals surface area contributed by atoms with Gasteiger partial charge in [-0.2, -0.15) is 0 Å². The number of aromatic hydroxyl groups is 1. The maximum Gasteiger partial charge on any atom is 0.305 e. The van der Waals surface area contributed by atoms with Gasteiger partial charge in [-0.25, -0.2) is 0 Å². The average molecular weight is 380 g/mol. The van der Waals surface area contributed by atoms with Crippen LogP contribution in [0, 0.1) is 0 Å². The molecule has 0 saturated carbocycles. The molecule has 0 spiro atoms. The van der Waals surface area contributed by atoms with Crippen LogP contribution < -0.4 is 5.32 Å². The molecule has 1 saturated heterocycles. The molecule has 132 valence electrons. The fraction of sp³-hybridized carbons (Fsp3) is 0.250. The van der Waals surface area contributed by atoms with Crippen LogP contribution in [0.25, 0.3) is 6.08 Å². The van der Waals surface area contributed by atoms with Crippen molar-refractivity contribution in [2.45, 2.75) is 19.4 Å². The van der Waals surface area contributed by atoms with Gasteiger partial charge in [-0.1, -0.05) is 42.2 Å². The number of carboxylic acids is 1. The second-order valence-corrected chi connectivity index (χ2v) is 6.90. The summed E-state index contributed by atoms with van der Waals surface area (Å²) in [6.45, 7) is 1.49. The molecule has 0 radical (unpaired) electrons. The molecule has 9 heteroatoms. The first-order chi connectivity index (χ1) is 11.8. The first-order valence-corrected chi connectivity index (χ1v) is 8.58. The molecule has 0 bridgehead atoms. The number of para-hydroxylation sites is 1. The lowest BCUT2D eigenvalue weighted by atomic mass is 10.2. The Kier molecular flexibility index (Phi) is 6.16. The second-order valence-electron chi connectivity index (χ2n) is 5.22. The number of phenols is 1. The van der Waals surface area contributed by atoms with Gasteiger partial charge in [-0.15, -0.1) is 0 Å². The largest absolute Gasteiger partial charge is 0.507 e. The van der Waals surface area contributed by atoms with Crippen molar-refractivity contribution in [3.63, 3.8) is 0 Å². The Balaban J connectivity index is 2.11. The lowest BCUT2D eigenvalue weighted by molar-refractivity contribution is -0.137. The van der Waals surface area contributed by atoms with Gasteiger partial charge in [-0.3, -0.25) is 19.3 Å². The Morgan fingerprint density at radius 1 is 1.40 bits per heavy atom. The number of nitrogens with zero attached hydrogens (tertiary/aromatic N) is 1. The molecule has 1 unspecified atom stereocenters. The fourth-order valence-corrected chi connectivity index (χ4v) is 3.53. The predicted molar refractivity (Wildman–Crippen MR) is 97.8 cm³/mol. The van der Waals surface area contributed by atoms with Crippen LogP contribution in [0.2, 0.25) is 0 Å². The van der Waals surface area contributed by atoms with Gasteiger partial charge in [0.15, 0.2) is 0 Å². The number of carboxylic acid groups (broad SMARTS) is 1. The molecule has 1 aromatic rings. The smallest absolute Gasteiger partial charge is 0.305 e. The summed E-state index contributed by atoms with van der Waals surface area (Å²) in [5, 5.41) is 20.9. The van der Waals surface area contributed by atoms with Gasteiger partial charge >= 0.3 is 5.97 Å². The van der Waals surface area contributed by atoms with E-state index in [1.807, 2.05) is 0 Å². The summed E-state index contributed by atoms with van der Waals surface area (Å²) in [5.41, 5.74) is 0.474. The van der Waals surface area contributed by atoms with Crippen molar-refractivity contribution in [2.24, 2.45) is 0 Å². The van der Waals surface area contributed by atoms with Crippen molar-refractivity contribution in [2.75, 3.05) is 6.54 Å². The zero-order valence-corrected chi connectivity index (χ0v) is 14.9. The van der Waals surface area contributed by atoms with E-state index in [-0.39, 0.29) is 23.0 Å². The number of nitrogens with one attached hydrogen (secondary N) is 1. The molecular weight excluding hydrogens is 364 g/mol. The second kappa shape index (κ2) is 8.13. The van der Waals surface area contributed by atoms with Crippen LogP contribution in [0.4, 0.5) is 0 Å². The Hall–Kier alpha value is -2.39. The van der Waals surface area contributed by atoms with Crippen molar-refractivity contribution < 1.29 is 24.6 Å². The zero-order valence-electron chi connectivity index (χ0n) is 13.3. The van der Waals surface area contributed by atoms with E-state index in [2.05, 4.69) is 5.32 Å². The molecule has 3 N–H and O–H groups in total. The van der Waals surface area contributed by atoms with E-state index < -0.39 is 23.8 Å². The molecule has 25 heavy (non-hydrogen) atoms. The van der Waals surface area contributed by atoms with E-state index in [1.165, 1.54) is 24.0 Å². The molecule has 1 heterocycles. The number of phenolic OH excluding ortho intramolecular Hbond substituents is 1. The van der Waals surface area contributed by atoms with E-state index >= 15 is 0 Å². The number of thioether (sulfide) groups is 1. The van der Waals surface area contributed by atoms with Gasteiger partial charge in [0.05, 0.1) is 11.3 Å². The quantitative estimate of drug-likeness (QED) is 0.508. The average Bonchev–Trinajstić information content (AvgIpc) is 2.82. The first-order valence-electron chi connectivity index (χ1n) is 7.36. The molecule has 0 aromatic heterocycles. The van der Waals surface area contributed by atoms with Crippen LogP contribution in [0.1, 0.15) is 18.9 Å². The third-order valence-corrected chi connectivity index (χ3v) is 4.78. The minimum absolute atomic E-state index is 0.0268. The normalized spacial score (nSPS) is 17.0. The number of thiocarbonyl (C=S) groups is 1. The van der Waals surface area contributed by atoms with Crippen LogP contribution in [0.5, 0.6) is 5.75 Å². The summed E-state index contributed by atoms with van der Waals surface area (Å²) < 4.78 is 0.229. The maximum atomic E-state index is 12.6. The Bertz CT molecular complexity index is 763. The van der Waals surface area contributed by atoms with Crippen molar-refractivity contribution in [1.82, 2.24) is 10.2 Å². The van der Waals surface area contributed by atoms with E-state index in [9.17, 15) is 19.5 Å². The number of rotatable bonds is 6. The summed E-state index contributed by atoms with van der Waals surface area (Å²) in [7, 11) is 0. The lowest BCUT2D eigenvalue weighted by Gasteiger charge is -2.22. The summed E-state index contributed by atoms with van der Waals surface area (Å²) in [6, 6.07) is 5.69. The van der Waals surface area contributed by atoms with Crippen LogP contribution >= 0.6 is 24.0 Å². The van der Waals surface area contributed by atoms with E-state index in [4.69, 9.17) is 17.3 Å². The molecular formula is C16H16N2O5S2. The predicted octanol–water partition coefficient (Wildman–Crippen LogP) is 1.57. The lowest BCUT2D eigenvalue weighted by Crippen LogP contribution is -2.47. The highest BCUT2D eigenvalue weighted by molar-refractivity contribution is 8.26. The SMILES string of the molecule is CC(C(=O)NCCC(=O)O)N1C(=O)/C(=C/c2ccccc2O)SC1=S. The minimum atomic E-state index is -1.02. The summed E-state index contributed by atoms with van der Waals surface area (Å²) >= 11 is 6.23.